The number of rotatable bonds is 4. The number of sulfonamides is 1. The highest BCUT2D eigenvalue weighted by atomic mass is 32.2. The third-order valence-corrected chi connectivity index (χ3v) is 3.83. The van der Waals surface area contributed by atoms with Gasteiger partial charge in [-0.2, -0.15) is 5.26 Å². The minimum absolute atomic E-state index is 0.251. The molecule has 2 aromatic rings. The quantitative estimate of drug-likeness (QED) is 0.935. The standard InChI is InChI=1S/C13H10FN3O2S/c14-11-7-13(9-16-8-11)20(18,19)17-12-3-1-10(2-4-12)5-6-15/h1-4,7-9,17H,5H2. The summed E-state index contributed by atoms with van der Waals surface area (Å²) >= 11 is 0. The minimum Gasteiger partial charge on any atom is -0.280 e. The molecule has 1 N–H and O–H groups in total. The summed E-state index contributed by atoms with van der Waals surface area (Å²) in [6.07, 6.45) is 2.24. The molecule has 0 saturated heterocycles. The largest absolute Gasteiger partial charge is 0.280 e. The Kier molecular flexibility index (Phi) is 3.96. The molecule has 20 heavy (non-hydrogen) atoms. The number of anilines is 1. The van der Waals surface area contributed by atoms with Gasteiger partial charge in [-0.1, -0.05) is 12.1 Å². The van der Waals surface area contributed by atoms with E-state index in [0.717, 1.165) is 24.0 Å². The molecule has 0 fully saturated rings. The van der Waals surface area contributed by atoms with Crippen LogP contribution in [0.3, 0.4) is 0 Å². The maximum absolute atomic E-state index is 13.0. The first kappa shape index (κ1) is 14.0. The Morgan fingerprint density at radius 2 is 1.95 bits per heavy atom. The van der Waals surface area contributed by atoms with Crippen LogP contribution in [-0.4, -0.2) is 13.4 Å². The maximum Gasteiger partial charge on any atom is 0.263 e. The third kappa shape index (κ3) is 3.30. The predicted octanol–water partition coefficient (Wildman–Crippen LogP) is 2.09. The number of benzene rings is 1. The maximum atomic E-state index is 13.0. The molecule has 0 atom stereocenters. The number of pyridine rings is 1. The lowest BCUT2D eigenvalue weighted by Crippen LogP contribution is -2.13. The first-order valence-corrected chi connectivity index (χ1v) is 7.09. The van der Waals surface area contributed by atoms with E-state index in [1.54, 1.807) is 12.1 Å². The van der Waals surface area contributed by atoms with Crippen LogP contribution >= 0.6 is 0 Å². The Labute approximate surface area is 115 Å². The molecule has 2 rings (SSSR count). The van der Waals surface area contributed by atoms with Crippen LogP contribution < -0.4 is 4.72 Å². The average molecular weight is 291 g/mol. The van der Waals surface area contributed by atoms with Crippen molar-refractivity contribution in [1.29, 1.82) is 5.26 Å². The van der Waals surface area contributed by atoms with Crippen molar-refractivity contribution in [3.8, 4) is 6.07 Å². The lowest BCUT2D eigenvalue weighted by molar-refractivity contribution is 0.592. The molecule has 5 nitrogen and oxygen atoms in total. The van der Waals surface area contributed by atoms with Crippen LogP contribution in [0.15, 0.2) is 47.6 Å². The van der Waals surface area contributed by atoms with E-state index in [2.05, 4.69) is 9.71 Å². The summed E-state index contributed by atoms with van der Waals surface area (Å²) in [7, 11) is -3.88. The fourth-order valence-electron chi connectivity index (χ4n) is 1.54. The molecule has 1 aromatic carbocycles. The number of aromatic nitrogens is 1. The molecule has 0 unspecified atom stereocenters. The molecule has 0 aliphatic rings. The summed E-state index contributed by atoms with van der Waals surface area (Å²) in [4.78, 5) is 3.25. The van der Waals surface area contributed by atoms with E-state index in [1.165, 1.54) is 12.1 Å². The molecule has 0 radical (unpaired) electrons. The van der Waals surface area contributed by atoms with Gasteiger partial charge >= 0.3 is 0 Å². The summed E-state index contributed by atoms with van der Waals surface area (Å²) < 4.78 is 39.3. The highest BCUT2D eigenvalue weighted by Gasteiger charge is 2.15. The lowest BCUT2D eigenvalue weighted by Gasteiger charge is -2.08. The first-order valence-electron chi connectivity index (χ1n) is 5.60. The van der Waals surface area contributed by atoms with E-state index in [-0.39, 0.29) is 11.3 Å². The number of hydrogen-bond acceptors (Lipinski definition) is 4. The van der Waals surface area contributed by atoms with E-state index < -0.39 is 15.8 Å². The summed E-state index contributed by atoms with van der Waals surface area (Å²) in [5, 5.41) is 8.55. The highest BCUT2D eigenvalue weighted by molar-refractivity contribution is 7.92. The van der Waals surface area contributed by atoms with E-state index in [4.69, 9.17) is 5.26 Å². The van der Waals surface area contributed by atoms with Gasteiger partial charge in [0.1, 0.15) is 10.7 Å². The summed E-state index contributed by atoms with van der Waals surface area (Å²) in [6, 6.07) is 9.25. The van der Waals surface area contributed by atoms with Crippen molar-refractivity contribution < 1.29 is 12.8 Å². The summed E-state index contributed by atoms with van der Waals surface area (Å²) in [6.45, 7) is 0. The molecule has 7 heteroatoms. The third-order valence-electron chi connectivity index (χ3n) is 2.48. The second kappa shape index (κ2) is 5.67. The fourth-order valence-corrected chi connectivity index (χ4v) is 2.57. The number of nitrogens with zero attached hydrogens (tertiary/aromatic N) is 2. The Hall–Kier alpha value is -2.46. The SMILES string of the molecule is N#CCc1ccc(NS(=O)(=O)c2cncc(F)c2)cc1. The predicted molar refractivity (Wildman–Crippen MR) is 70.8 cm³/mol. The second-order valence-electron chi connectivity index (χ2n) is 3.98. The number of nitrogens with one attached hydrogen (secondary N) is 1. The number of halogens is 1. The van der Waals surface area contributed by atoms with Crippen LogP contribution in [0.5, 0.6) is 0 Å². The van der Waals surface area contributed by atoms with Gasteiger partial charge in [-0.25, -0.2) is 12.8 Å². The van der Waals surface area contributed by atoms with Crippen molar-refractivity contribution in [2.45, 2.75) is 11.3 Å². The Morgan fingerprint density at radius 1 is 1.25 bits per heavy atom. The van der Waals surface area contributed by atoms with E-state index in [1.807, 2.05) is 6.07 Å². The van der Waals surface area contributed by atoms with Gasteiger partial charge in [0, 0.05) is 11.9 Å². The van der Waals surface area contributed by atoms with E-state index in [0.29, 0.717) is 5.69 Å². The first-order chi connectivity index (χ1) is 9.51. The van der Waals surface area contributed by atoms with Crippen LogP contribution in [-0.2, 0) is 16.4 Å². The van der Waals surface area contributed by atoms with Crippen molar-refractivity contribution in [2.24, 2.45) is 0 Å². The van der Waals surface area contributed by atoms with Crippen molar-refractivity contribution >= 4 is 15.7 Å². The molecule has 1 aromatic heterocycles. The number of nitriles is 1. The summed E-state index contributed by atoms with van der Waals surface area (Å²) in [5.41, 5.74) is 1.11. The average Bonchev–Trinajstić information content (AvgIpc) is 2.41. The van der Waals surface area contributed by atoms with Crippen LogP contribution in [0.25, 0.3) is 0 Å². The minimum atomic E-state index is -3.88. The monoisotopic (exact) mass is 291 g/mol. The van der Waals surface area contributed by atoms with Crippen molar-refractivity contribution in [3.63, 3.8) is 0 Å². The Balaban J connectivity index is 2.22. The van der Waals surface area contributed by atoms with Gasteiger partial charge in [0.05, 0.1) is 18.7 Å². The molecule has 0 bridgehead atoms. The normalized spacial score (nSPS) is 10.8. The molecule has 0 spiro atoms. The van der Waals surface area contributed by atoms with Crippen molar-refractivity contribution in [3.05, 3.63) is 54.1 Å². The number of hydrogen-bond donors (Lipinski definition) is 1. The van der Waals surface area contributed by atoms with Crippen LogP contribution in [0.4, 0.5) is 10.1 Å². The van der Waals surface area contributed by atoms with Gasteiger partial charge in [-0.3, -0.25) is 9.71 Å². The molecule has 0 amide bonds. The van der Waals surface area contributed by atoms with Gasteiger partial charge in [-0.15, -0.1) is 0 Å². The molecular formula is C13H10FN3O2S. The molecular weight excluding hydrogens is 281 g/mol. The molecule has 1 heterocycles. The van der Waals surface area contributed by atoms with Crippen LogP contribution in [0, 0.1) is 17.1 Å². The van der Waals surface area contributed by atoms with Gasteiger partial charge < -0.3 is 0 Å². The molecule has 0 aliphatic carbocycles. The zero-order valence-electron chi connectivity index (χ0n) is 10.2. The van der Waals surface area contributed by atoms with Crippen molar-refractivity contribution in [2.75, 3.05) is 4.72 Å². The Bertz CT molecular complexity index is 752. The van der Waals surface area contributed by atoms with Crippen LogP contribution in [0.2, 0.25) is 0 Å². The highest BCUT2D eigenvalue weighted by Crippen LogP contribution is 2.16. The van der Waals surface area contributed by atoms with Gasteiger partial charge in [0.2, 0.25) is 0 Å². The van der Waals surface area contributed by atoms with Crippen LogP contribution in [0.1, 0.15) is 5.56 Å². The second-order valence-corrected chi connectivity index (χ2v) is 5.66. The van der Waals surface area contributed by atoms with E-state index >= 15 is 0 Å². The van der Waals surface area contributed by atoms with Gasteiger partial charge in [-0.05, 0) is 23.8 Å². The molecule has 102 valence electrons. The fraction of sp³-hybridized carbons (Fsp3) is 0.0769. The van der Waals surface area contributed by atoms with Gasteiger partial charge in [0.15, 0.2) is 0 Å². The smallest absolute Gasteiger partial charge is 0.263 e. The topological polar surface area (TPSA) is 82.9 Å². The van der Waals surface area contributed by atoms with Crippen molar-refractivity contribution in [1.82, 2.24) is 4.98 Å². The zero-order valence-corrected chi connectivity index (χ0v) is 11.1. The lowest BCUT2D eigenvalue weighted by atomic mass is 10.1. The summed E-state index contributed by atoms with van der Waals surface area (Å²) in [5.74, 6) is -0.725. The molecule has 0 saturated carbocycles. The van der Waals surface area contributed by atoms with E-state index in [9.17, 15) is 12.8 Å². The zero-order chi connectivity index (χ0) is 14.6. The Morgan fingerprint density at radius 3 is 2.55 bits per heavy atom. The van der Waals surface area contributed by atoms with Gasteiger partial charge in [0.25, 0.3) is 10.0 Å². The molecule has 0 aliphatic heterocycles.